The predicted octanol–water partition coefficient (Wildman–Crippen LogP) is 3.44. The van der Waals surface area contributed by atoms with Crippen LogP contribution in [0, 0.1) is 0 Å². The number of rotatable bonds is 6. The minimum atomic E-state index is -0.163. The molecule has 0 spiro atoms. The Balaban J connectivity index is 0.00000392. The first kappa shape index (κ1) is 24.4. The van der Waals surface area contributed by atoms with Crippen LogP contribution in [-0.4, -0.2) is 44.4 Å². The number of hydrogen-bond donors (Lipinski definition) is 1. The predicted molar refractivity (Wildman–Crippen MR) is 122 cm³/mol. The lowest BCUT2D eigenvalue weighted by Crippen LogP contribution is -2.38. The SMILES string of the molecule is CCNC(=NCc1noc(C(C)(C)C)n1)N(C)Cc1cn(C)nc1C(C)C.I. The highest BCUT2D eigenvalue weighted by Crippen LogP contribution is 2.20. The highest BCUT2D eigenvalue weighted by atomic mass is 127. The van der Waals surface area contributed by atoms with Gasteiger partial charge in [0.05, 0.1) is 5.69 Å². The van der Waals surface area contributed by atoms with Gasteiger partial charge in [-0.1, -0.05) is 39.8 Å². The van der Waals surface area contributed by atoms with E-state index < -0.39 is 0 Å². The number of aromatic nitrogens is 4. The van der Waals surface area contributed by atoms with Crippen LogP contribution >= 0.6 is 24.0 Å². The molecule has 0 amide bonds. The maximum absolute atomic E-state index is 5.35. The van der Waals surface area contributed by atoms with Crippen molar-refractivity contribution in [1.82, 2.24) is 30.1 Å². The summed E-state index contributed by atoms with van der Waals surface area (Å²) in [5.41, 5.74) is 2.16. The first-order valence-electron chi connectivity index (χ1n) is 9.46. The van der Waals surface area contributed by atoms with Crippen molar-refractivity contribution >= 4 is 29.9 Å². The first-order valence-corrected chi connectivity index (χ1v) is 9.46. The summed E-state index contributed by atoms with van der Waals surface area (Å²) >= 11 is 0. The number of guanidine groups is 1. The van der Waals surface area contributed by atoms with Gasteiger partial charge in [0.25, 0.3) is 0 Å². The third kappa shape index (κ3) is 6.46. The molecule has 2 aromatic heterocycles. The largest absolute Gasteiger partial charge is 0.357 e. The maximum Gasteiger partial charge on any atom is 0.232 e. The van der Waals surface area contributed by atoms with E-state index in [0.717, 1.165) is 24.7 Å². The minimum Gasteiger partial charge on any atom is -0.357 e. The van der Waals surface area contributed by atoms with Crippen molar-refractivity contribution in [3.8, 4) is 0 Å². The molecule has 0 saturated heterocycles. The third-order valence-electron chi connectivity index (χ3n) is 4.07. The molecule has 0 unspecified atom stereocenters. The molecule has 2 rings (SSSR count). The molecule has 0 aliphatic rings. The van der Waals surface area contributed by atoms with Crippen LogP contribution in [0.15, 0.2) is 15.7 Å². The Morgan fingerprint density at radius 2 is 2.04 bits per heavy atom. The summed E-state index contributed by atoms with van der Waals surface area (Å²) in [5.74, 6) is 2.40. The van der Waals surface area contributed by atoms with Crippen molar-refractivity contribution in [3.05, 3.63) is 29.2 Å². The molecule has 2 heterocycles. The smallest absolute Gasteiger partial charge is 0.232 e. The van der Waals surface area contributed by atoms with E-state index >= 15 is 0 Å². The highest BCUT2D eigenvalue weighted by molar-refractivity contribution is 14.0. The molecular weight excluding hydrogens is 469 g/mol. The fraction of sp³-hybridized carbons (Fsp3) is 0.684. The number of halogens is 1. The number of nitrogens with zero attached hydrogens (tertiary/aromatic N) is 6. The number of aryl methyl sites for hydroxylation is 1. The van der Waals surface area contributed by atoms with Crippen molar-refractivity contribution in [2.45, 2.75) is 66.0 Å². The average molecular weight is 503 g/mol. The Morgan fingerprint density at radius 1 is 1.36 bits per heavy atom. The van der Waals surface area contributed by atoms with Crippen LogP contribution in [0.3, 0.4) is 0 Å². The molecule has 9 heteroatoms. The number of hydrogen-bond acceptors (Lipinski definition) is 5. The second-order valence-corrected chi connectivity index (χ2v) is 8.16. The molecule has 0 saturated carbocycles. The van der Waals surface area contributed by atoms with Gasteiger partial charge in [-0.3, -0.25) is 4.68 Å². The van der Waals surface area contributed by atoms with Gasteiger partial charge < -0.3 is 14.7 Å². The topological polar surface area (TPSA) is 84.4 Å². The van der Waals surface area contributed by atoms with Crippen LogP contribution in [0.2, 0.25) is 0 Å². The summed E-state index contributed by atoms with van der Waals surface area (Å²) < 4.78 is 7.22. The van der Waals surface area contributed by atoms with Crippen LogP contribution in [-0.2, 0) is 25.6 Å². The normalized spacial score (nSPS) is 12.2. The van der Waals surface area contributed by atoms with Crippen LogP contribution in [0.25, 0.3) is 0 Å². The molecule has 0 aliphatic heterocycles. The molecule has 1 N–H and O–H groups in total. The van der Waals surface area contributed by atoms with Gasteiger partial charge in [-0.15, -0.1) is 24.0 Å². The van der Waals surface area contributed by atoms with Gasteiger partial charge in [0, 0.05) is 44.4 Å². The first-order chi connectivity index (χ1) is 12.6. The Morgan fingerprint density at radius 3 is 2.57 bits per heavy atom. The zero-order valence-corrected chi connectivity index (χ0v) is 20.6. The molecule has 0 atom stereocenters. The van der Waals surface area contributed by atoms with Gasteiger partial charge in [-0.2, -0.15) is 10.1 Å². The van der Waals surface area contributed by atoms with Crippen LogP contribution in [0.4, 0.5) is 0 Å². The van der Waals surface area contributed by atoms with Gasteiger partial charge in [0.2, 0.25) is 5.89 Å². The molecule has 2 aromatic rings. The van der Waals surface area contributed by atoms with Gasteiger partial charge in [-0.05, 0) is 12.8 Å². The molecular formula is C19H34IN7O. The van der Waals surface area contributed by atoms with Crippen LogP contribution in [0.1, 0.15) is 70.4 Å². The zero-order chi connectivity index (χ0) is 20.2. The Labute approximate surface area is 185 Å². The van der Waals surface area contributed by atoms with E-state index in [9.17, 15) is 0 Å². The van der Waals surface area contributed by atoms with Crippen LogP contribution < -0.4 is 5.32 Å². The van der Waals surface area contributed by atoms with E-state index in [0.29, 0.717) is 24.2 Å². The Kier molecular flexibility index (Phi) is 8.90. The van der Waals surface area contributed by atoms with Crippen molar-refractivity contribution in [2.24, 2.45) is 12.0 Å². The van der Waals surface area contributed by atoms with E-state index in [4.69, 9.17) is 4.52 Å². The quantitative estimate of drug-likeness (QED) is 0.370. The molecule has 8 nitrogen and oxygen atoms in total. The molecule has 28 heavy (non-hydrogen) atoms. The fourth-order valence-corrected chi connectivity index (χ4v) is 2.73. The summed E-state index contributed by atoms with van der Waals surface area (Å²) in [4.78, 5) is 11.2. The molecule has 0 bridgehead atoms. The minimum absolute atomic E-state index is 0. The fourth-order valence-electron chi connectivity index (χ4n) is 2.73. The third-order valence-corrected chi connectivity index (χ3v) is 4.07. The lowest BCUT2D eigenvalue weighted by atomic mass is 9.97. The second-order valence-electron chi connectivity index (χ2n) is 8.16. The summed E-state index contributed by atoms with van der Waals surface area (Å²) in [6.45, 7) is 14.4. The molecule has 0 fully saturated rings. The lowest BCUT2D eigenvalue weighted by Gasteiger charge is -2.22. The standard InChI is InChI=1S/C19H33N7O.HI/c1-9-20-18(21-10-15-22-17(27-24-15)19(4,5)6)25(7)11-14-12-26(8)23-16(14)13(2)3;/h12-13H,9-11H2,1-8H3,(H,20,21);1H. The molecule has 0 aliphatic carbocycles. The second kappa shape index (κ2) is 10.2. The van der Waals surface area contributed by atoms with Crippen molar-refractivity contribution in [3.63, 3.8) is 0 Å². The Bertz CT molecular complexity index is 774. The maximum atomic E-state index is 5.35. The Hall–Kier alpha value is -1.65. The highest BCUT2D eigenvalue weighted by Gasteiger charge is 2.21. The average Bonchev–Trinajstić information content (AvgIpc) is 3.17. The molecule has 0 radical (unpaired) electrons. The summed E-state index contributed by atoms with van der Waals surface area (Å²) in [7, 11) is 3.98. The number of nitrogens with one attached hydrogen (secondary N) is 1. The van der Waals surface area contributed by atoms with E-state index in [1.54, 1.807) is 0 Å². The van der Waals surface area contributed by atoms with E-state index in [2.05, 4.69) is 57.4 Å². The van der Waals surface area contributed by atoms with Gasteiger partial charge in [0.15, 0.2) is 11.8 Å². The summed E-state index contributed by atoms with van der Waals surface area (Å²) in [5, 5.41) is 12.0. The van der Waals surface area contributed by atoms with E-state index in [1.165, 1.54) is 5.56 Å². The van der Waals surface area contributed by atoms with Crippen molar-refractivity contribution in [1.29, 1.82) is 0 Å². The number of aliphatic imine (C=N–C) groups is 1. The van der Waals surface area contributed by atoms with Gasteiger partial charge in [-0.25, -0.2) is 4.99 Å². The van der Waals surface area contributed by atoms with Crippen LogP contribution in [0.5, 0.6) is 0 Å². The van der Waals surface area contributed by atoms with Gasteiger partial charge in [0.1, 0.15) is 6.54 Å². The van der Waals surface area contributed by atoms with Gasteiger partial charge >= 0.3 is 0 Å². The summed E-state index contributed by atoms with van der Waals surface area (Å²) in [6.07, 6.45) is 2.07. The van der Waals surface area contributed by atoms with E-state index in [-0.39, 0.29) is 29.4 Å². The van der Waals surface area contributed by atoms with Crippen molar-refractivity contribution in [2.75, 3.05) is 13.6 Å². The lowest BCUT2D eigenvalue weighted by molar-refractivity contribution is 0.318. The van der Waals surface area contributed by atoms with E-state index in [1.807, 2.05) is 39.5 Å². The van der Waals surface area contributed by atoms with Crippen molar-refractivity contribution < 1.29 is 4.52 Å². The monoisotopic (exact) mass is 503 g/mol. The molecule has 0 aromatic carbocycles. The molecule has 158 valence electrons. The zero-order valence-electron chi connectivity index (χ0n) is 18.3. The summed E-state index contributed by atoms with van der Waals surface area (Å²) in [6, 6.07) is 0.